The van der Waals surface area contributed by atoms with Gasteiger partial charge in [0.1, 0.15) is 5.75 Å². The zero-order chi connectivity index (χ0) is 22.9. The summed E-state index contributed by atoms with van der Waals surface area (Å²) in [5, 5.41) is 1.95. The molecule has 3 aromatic rings. The number of benzene rings is 2. The molecule has 0 aliphatic carbocycles. The minimum atomic E-state index is -2.89. The van der Waals surface area contributed by atoms with Gasteiger partial charge in [-0.05, 0) is 29.8 Å². The zero-order valence-electron chi connectivity index (χ0n) is 17.1. The Kier molecular flexibility index (Phi) is 8.57. The summed E-state index contributed by atoms with van der Waals surface area (Å²) in [6.45, 7) is -3.08. The van der Waals surface area contributed by atoms with E-state index in [-0.39, 0.29) is 18.2 Å². The fourth-order valence-electron chi connectivity index (χ4n) is 2.68. The van der Waals surface area contributed by atoms with Crippen LogP contribution < -0.4 is 4.74 Å². The highest BCUT2D eigenvalue weighted by atomic mass is 32.2. The lowest BCUT2D eigenvalue weighted by atomic mass is 10.2. The van der Waals surface area contributed by atoms with Crippen LogP contribution in [0.5, 0.6) is 5.75 Å². The maximum Gasteiger partial charge on any atom is 0.387 e. The van der Waals surface area contributed by atoms with Gasteiger partial charge in [0.2, 0.25) is 0 Å². The molecule has 0 fully saturated rings. The third-order valence-electron chi connectivity index (χ3n) is 4.29. The molecule has 32 heavy (non-hydrogen) atoms. The van der Waals surface area contributed by atoms with Crippen molar-refractivity contribution in [2.75, 3.05) is 13.7 Å². The van der Waals surface area contributed by atoms with Gasteiger partial charge in [-0.15, -0.1) is 23.1 Å². The number of nitrogens with zero attached hydrogens (tertiary/aromatic N) is 2. The maximum absolute atomic E-state index is 12.5. The third kappa shape index (κ3) is 7.03. The van der Waals surface area contributed by atoms with E-state index in [2.05, 4.69) is 9.72 Å². The Balaban J connectivity index is 1.51. The summed E-state index contributed by atoms with van der Waals surface area (Å²) in [6, 6.07) is 13.0. The second kappa shape index (κ2) is 11.6. The average molecular weight is 479 g/mol. The van der Waals surface area contributed by atoms with Crippen molar-refractivity contribution >= 4 is 35.0 Å². The van der Waals surface area contributed by atoms with E-state index in [1.54, 1.807) is 36.8 Å². The summed E-state index contributed by atoms with van der Waals surface area (Å²) in [5.74, 6) is -0.310. The summed E-state index contributed by atoms with van der Waals surface area (Å²) >= 11 is 2.98. The van der Waals surface area contributed by atoms with Crippen molar-refractivity contribution < 1.29 is 27.8 Å². The number of thiazole rings is 1. The van der Waals surface area contributed by atoms with Crippen molar-refractivity contribution in [1.82, 2.24) is 9.88 Å². The van der Waals surface area contributed by atoms with E-state index in [1.807, 2.05) is 17.5 Å². The monoisotopic (exact) mass is 478 g/mol. The number of ether oxygens (including phenoxy) is 2. The van der Waals surface area contributed by atoms with Gasteiger partial charge in [-0.2, -0.15) is 8.78 Å². The molecule has 6 nitrogen and oxygen atoms in total. The van der Waals surface area contributed by atoms with E-state index in [1.165, 1.54) is 40.1 Å². The number of rotatable bonds is 10. The van der Waals surface area contributed by atoms with E-state index in [0.717, 1.165) is 16.2 Å². The zero-order valence-corrected chi connectivity index (χ0v) is 18.7. The second-order valence-electron chi connectivity index (χ2n) is 6.61. The highest BCUT2D eigenvalue weighted by Gasteiger charge is 2.17. The first-order chi connectivity index (χ1) is 15.4. The molecule has 0 unspecified atom stereocenters. The number of esters is 1. The number of carbonyl (C=O) groups excluding carboxylic acids is 2. The lowest BCUT2D eigenvalue weighted by Gasteiger charge is -2.18. The predicted molar refractivity (Wildman–Crippen MR) is 118 cm³/mol. The molecule has 0 spiro atoms. The molecule has 0 saturated carbocycles. The molecule has 2 aromatic carbocycles. The number of carbonyl (C=O) groups is 2. The van der Waals surface area contributed by atoms with Gasteiger partial charge < -0.3 is 14.4 Å². The third-order valence-corrected chi connectivity index (χ3v) is 6.03. The highest BCUT2D eigenvalue weighted by Crippen LogP contribution is 2.26. The molecule has 3 rings (SSSR count). The second-order valence-corrected chi connectivity index (χ2v) is 8.35. The van der Waals surface area contributed by atoms with E-state index >= 15 is 0 Å². The first-order valence-electron chi connectivity index (χ1n) is 9.46. The highest BCUT2D eigenvalue weighted by molar-refractivity contribution is 7.98. The van der Waals surface area contributed by atoms with E-state index < -0.39 is 19.2 Å². The van der Waals surface area contributed by atoms with Crippen molar-refractivity contribution in [2.24, 2.45) is 0 Å². The van der Waals surface area contributed by atoms with Crippen LogP contribution >= 0.6 is 23.1 Å². The standard InChI is InChI=1S/C22H20F2N2O4S2/c1-26(10-15-6-8-17(9-7-15)30-22(23)24)20(27)11-29-21(28)18-4-2-3-5-19(18)32-13-16-12-31-14-25-16/h2-9,12,14,22H,10-11,13H2,1H3. The van der Waals surface area contributed by atoms with Crippen LogP contribution in [0.2, 0.25) is 0 Å². The van der Waals surface area contributed by atoms with Crippen LogP contribution in [0.15, 0.2) is 64.3 Å². The minimum absolute atomic E-state index is 0.0398. The van der Waals surface area contributed by atoms with Crippen LogP contribution in [0.25, 0.3) is 0 Å². The van der Waals surface area contributed by atoms with E-state index in [9.17, 15) is 18.4 Å². The van der Waals surface area contributed by atoms with Crippen LogP contribution in [0, 0.1) is 0 Å². The summed E-state index contributed by atoms with van der Waals surface area (Å²) in [5.41, 5.74) is 3.79. The van der Waals surface area contributed by atoms with Gasteiger partial charge in [0.25, 0.3) is 5.91 Å². The molecule has 10 heteroatoms. The molecular formula is C22H20F2N2O4S2. The topological polar surface area (TPSA) is 68.7 Å². The molecule has 0 saturated heterocycles. The lowest BCUT2D eigenvalue weighted by molar-refractivity contribution is -0.133. The largest absolute Gasteiger partial charge is 0.452 e. The molecule has 1 heterocycles. The number of alkyl halides is 2. The molecular weight excluding hydrogens is 458 g/mol. The van der Waals surface area contributed by atoms with Gasteiger partial charge in [-0.3, -0.25) is 4.79 Å². The molecule has 0 N–H and O–H groups in total. The summed E-state index contributed by atoms with van der Waals surface area (Å²) < 4.78 is 34.0. The summed E-state index contributed by atoms with van der Waals surface area (Å²) in [6.07, 6.45) is 0. The van der Waals surface area contributed by atoms with Crippen LogP contribution in [0.3, 0.4) is 0 Å². The molecule has 1 aromatic heterocycles. The molecule has 0 aliphatic heterocycles. The molecule has 0 aliphatic rings. The first-order valence-corrected chi connectivity index (χ1v) is 11.4. The van der Waals surface area contributed by atoms with Crippen LogP contribution in [-0.2, 0) is 21.8 Å². The Morgan fingerprint density at radius 1 is 1.16 bits per heavy atom. The fraction of sp³-hybridized carbons (Fsp3) is 0.227. The number of hydrogen-bond acceptors (Lipinski definition) is 7. The predicted octanol–water partition coefficient (Wildman–Crippen LogP) is 4.85. The minimum Gasteiger partial charge on any atom is -0.452 e. The van der Waals surface area contributed by atoms with Gasteiger partial charge in [0.05, 0.1) is 16.8 Å². The molecule has 0 atom stereocenters. The Labute approximate surface area is 192 Å². The number of hydrogen-bond donors (Lipinski definition) is 0. The maximum atomic E-state index is 12.5. The summed E-state index contributed by atoms with van der Waals surface area (Å²) in [7, 11) is 1.57. The van der Waals surface area contributed by atoms with Crippen molar-refractivity contribution in [2.45, 2.75) is 23.8 Å². The van der Waals surface area contributed by atoms with Gasteiger partial charge in [-0.25, -0.2) is 9.78 Å². The average Bonchev–Trinajstić information content (AvgIpc) is 3.30. The lowest BCUT2D eigenvalue weighted by Crippen LogP contribution is -2.30. The quantitative estimate of drug-likeness (QED) is 0.307. The van der Waals surface area contributed by atoms with Gasteiger partial charge >= 0.3 is 12.6 Å². The Bertz CT molecular complexity index is 1030. The van der Waals surface area contributed by atoms with E-state index in [0.29, 0.717) is 11.3 Å². The van der Waals surface area contributed by atoms with Crippen LogP contribution in [0.4, 0.5) is 8.78 Å². The fourth-order valence-corrected chi connectivity index (χ4v) is 4.28. The first kappa shape index (κ1) is 23.7. The van der Waals surface area contributed by atoms with E-state index in [4.69, 9.17) is 4.74 Å². The molecule has 0 radical (unpaired) electrons. The SMILES string of the molecule is CN(Cc1ccc(OC(F)F)cc1)C(=O)COC(=O)c1ccccc1SCc1cscn1. The Hall–Kier alpha value is -2.98. The van der Waals surface area contributed by atoms with Gasteiger partial charge in [0.15, 0.2) is 6.61 Å². The molecule has 0 bridgehead atoms. The van der Waals surface area contributed by atoms with Crippen molar-refractivity contribution in [3.8, 4) is 5.75 Å². The van der Waals surface area contributed by atoms with Crippen molar-refractivity contribution in [1.29, 1.82) is 0 Å². The number of amides is 1. The van der Waals surface area contributed by atoms with Crippen molar-refractivity contribution in [3.63, 3.8) is 0 Å². The normalized spacial score (nSPS) is 10.8. The number of likely N-dealkylation sites (N-methyl/N-ethyl adjacent to an activating group) is 1. The van der Waals surface area contributed by atoms with Crippen LogP contribution in [-0.4, -0.2) is 42.0 Å². The number of aromatic nitrogens is 1. The number of thioether (sulfide) groups is 1. The summed E-state index contributed by atoms with van der Waals surface area (Å²) in [4.78, 5) is 31.3. The molecule has 168 valence electrons. The Morgan fingerprint density at radius 3 is 2.59 bits per heavy atom. The van der Waals surface area contributed by atoms with Crippen molar-refractivity contribution in [3.05, 3.63) is 76.2 Å². The Morgan fingerprint density at radius 2 is 1.91 bits per heavy atom. The van der Waals surface area contributed by atoms with Gasteiger partial charge in [-0.1, -0.05) is 24.3 Å². The number of halogens is 2. The molecule has 1 amide bonds. The van der Waals surface area contributed by atoms with Crippen LogP contribution in [0.1, 0.15) is 21.6 Å². The smallest absolute Gasteiger partial charge is 0.387 e. The van der Waals surface area contributed by atoms with Gasteiger partial charge in [0, 0.05) is 29.6 Å².